The van der Waals surface area contributed by atoms with E-state index < -0.39 is 24.3 Å². The first kappa shape index (κ1) is 16.9. The molecule has 6 nitrogen and oxygen atoms in total. The summed E-state index contributed by atoms with van der Waals surface area (Å²) in [4.78, 5) is 23.1. The van der Waals surface area contributed by atoms with Crippen LogP contribution in [0.1, 0.15) is 11.3 Å². The fourth-order valence-electron chi connectivity index (χ4n) is 1.59. The highest BCUT2D eigenvalue weighted by atomic mass is 79.9. The predicted octanol–water partition coefficient (Wildman–Crippen LogP) is 3.08. The molecule has 1 aromatic heterocycles. The lowest BCUT2D eigenvalue weighted by molar-refractivity contribution is -0.142. The molecule has 0 aliphatic heterocycles. The van der Waals surface area contributed by atoms with Gasteiger partial charge in [0, 0.05) is 22.2 Å². The number of rotatable bonds is 5. The minimum atomic E-state index is -0.768. The molecule has 1 aromatic carbocycles. The highest BCUT2D eigenvalue weighted by Crippen LogP contribution is 2.16. The molecule has 0 fully saturated rings. The van der Waals surface area contributed by atoms with E-state index in [0.717, 1.165) is 6.08 Å². The van der Waals surface area contributed by atoms with Gasteiger partial charge in [-0.25, -0.2) is 9.18 Å². The van der Waals surface area contributed by atoms with Gasteiger partial charge in [0.1, 0.15) is 11.6 Å². The molecule has 0 bridgehead atoms. The lowest BCUT2D eigenvalue weighted by Crippen LogP contribution is -2.20. The Morgan fingerprint density at radius 2 is 2.22 bits per heavy atom. The number of halogens is 2. The number of nitrogens with one attached hydrogen (secondary N) is 1. The molecule has 0 saturated heterocycles. The predicted molar refractivity (Wildman–Crippen MR) is 84.0 cm³/mol. The number of anilines is 1. The first-order chi connectivity index (χ1) is 10.9. The lowest BCUT2D eigenvalue weighted by Gasteiger charge is -2.02. The Kier molecular flexibility index (Phi) is 5.64. The van der Waals surface area contributed by atoms with Gasteiger partial charge < -0.3 is 14.6 Å². The number of carbonyl (C=O) groups is 2. The third-order valence-corrected chi connectivity index (χ3v) is 3.09. The van der Waals surface area contributed by atoms with Crippen molar-refractivity contribution in [2.24, 2.45) is 0 Å². The van der Waals surface area contributed by atoms with Gasteiger partial charge in [0.25, 0.3) is 5.91 Å². The third-order valence-electron chi connectivity index (χ3n) is 2.60. The molecule has 2 rings (SSSR count). The Balaban J connectivity index is 1.83. The third kappa shape index (κ3) is 5.33. The van der Waals surface area contributed by atoms with Crippen LogP contribution in [0, 0.1) is 12.7 Å². The average molecular weight is 383 g/mol. The summed E-state index contributed by atoms with van der Waals surface area (Å²) >= 11 is 3.20. The zero-order valence-corrected chi connectivity index (χ0v) is 13.6. The van der Waals surface area contributed by atoms with Crippen LogP contribution in [0.5, 0.6) is 0 Å². The average Bonchev–Trinajstić information content (AvgIpc) is 2.91. The van der Waals surface area contributed by atoms with E-state index in [9.17, 15) is 14.0 Å². The van der Waals surface area contributed by atoms with Crippen molar-refractivity contribution >= 4 is 39.7 Å². The fourth-order valence-corrected chi connectivity index (χ4v) is 1.97. The normalized spacial score (nSPS) is 10.7. The van der Waals surface area contributed by atoms with Gasteiger partial charge in [-0.2, -0.15) is 0 Å². The zero-order chi connectivity index (χ0) is 16.8. The van der Waals surface area contributed by atoms with Crippen molar-refractivity contribution in [3.8, 4) is 0 Å². The van der Waals surface area contributed by atoms with Crippen LogP contribution >= 0.6 is 15.9 Å². The van der Waals surface area contributed by atoms with Crippen LogP contribution < -0.4 is 5.32 Å². The van der Waals surface area contributed by atoms with Crippen LogP contribution in [-0.4, -0.2) is 23.6 Å². The van der Waals surface area contributed by atoms with Gasteiger partial charge in [0.15, 0.2) is 12.4 Å². The molecule has 0 unspecified atom stereocenters. The maximum absolute atomic E-state index is 13.5. The zero-order valence-electron chi connectivity index (χ0n) is 12.0. The molecule has 0 aliphatic carbocycles. The summed E-state index contributed by atoms with van der Waals surface area (Å²) in [6, 6.07) is 5.85. The molecular weight excluding hydrogens is 371 g/mol. The second-order valence-corrected chi connectivity index (χ2v) is 5.39. The lowest BCUT2D eigenvalue weighted by atomic mass is 10.2. The van der Waals surface area contributed by atoms with E-state index in [1.807, 2.05) is 0 Å². The molecule has 1 amide bonds. The van der Waals surface area contributed by atoms with Crippen molar-refractivity contribution < 1.29 is 23.2 Å². The Bertz CT molecular complexity index is 758. The number of carbonyl (C=O) groups excluding carboxylic acids is 2. The van der Waals surface area contributed by atoms with Gasteiger partial charge in [0.2, 0.25) is 0 Å². The Hall–Kier alpha value is -2.48. The number of benzene rings is 1. The number of esters is 1. The van der Waals surface area contributed by atoms with Gasteiger partial charge in [-0.15, -0.1) is 0 Å². The van der Waals surface area contributed by atoms with Crippen molar-refractivity contribution in [1.29, 1.82) is 0 Å². The molecule has 2 aromatic rings. The largest absolute Gasteiger partial charge is 0.452 e. The topological polar surface area (TPSA) is 81.4 Å². The Morgan fingerprint density at radius 3 is 2.91 bits per heavy atom. The van der Waals surface area contributed by atoms with Crippen molar-refractivity contribution in [2.75, 3.05) is 11.9 Å². The quantitative estimate of drug-likeness (QED) is 0.634. The molecular formula is C15H12BrFN2O4. The summed E-state index contributed by atoms with van der Waals surface area (Å²) in [5.74, 6) is -1.03. The van der Waals surface area contributed by atoms with Crippen molar-refractivity contribution in [3.05, 3.63) is 52.0 Å². The maximum Gasteiger partial charge on any atom is 0.331 e. The van der Waals surface area contributed by atoms with E-state index in [2.05, 4.69) is 26.4 Å². The van der Waals surface area contributed by atoms with E-state index in [1.165, 1.54) is 24.3 Å². The monoisotopic (exact) mass is 382 g/mol. The second kappa shape index (κ2) is 7.68. The molecule has 1 heterocycles. The van der Waals surface area contributed by atoms with E-state index >= 15 is 0 Å². The number of hydrogen-bond acceptors (Lipinski definition) is 5. The molecule has 0 spiro atoms. The summed E-state index contributed by atoms with van der Waals surface area (Å²) in [7, 11) is 0. The van der Waals surface area contributed by atoms with Gasteiger partial charge in [-0.3, -0.25) is 4.79 Å². The second-order valence-electron chi connectivity index (χ2n) is 4.48. The highest BCUT2D eigenvalue weighted by Gasteiger charge is 2.08. The molecule has 120 valence electrons. The fraction of sp³-hybridized carbons (Fsp3) is 0.133. The summed E-state index contributed by atoms with van der Waals surface area (Å²) in [6.45, 7) is 1.19. The SMILES string of the molecule is Cc1cc(NC(=O)COC(=O)/C=C/c2cc(Br)ccc2F)no1. The van der Waals surface area contributed by atoms with E-state index in [0.29, 0.717) is 10.2 Å². The van der Waals surface area contributed by atoms with E-state index in [1.54, 1.807) is 13.0 Å². The molecule has 1 N–H and O–H groups in total. The number of aryl methyl sites for hydroxylation is 1. The smallest absolute Gasteiger partial charge is 0.331 e. The minimum absolute atomic E-state index is 0.221. The number of ether oxygens (including phenoxy) is 1. The maximum atomic E-state index is 13.5. The van der Waals surface area contributed by atoms with E-state index in [4.69, 9.17) is 9.26 Å². The first-order valence-electron chi connectivity index (χ1n) is 6.47. The molecule has 0 saturated carbocycles. The summed E-state index contributed by atoms with van der Waals surface area (Å²) in [5, 5.41) is 5.97. The van der Waals surface area contributed by atoms with Crippen LogP contribution in [0.3, 0.4) is 0 Å². The van der Waals surface area contributed by atoms with Crippen molar-refractivity contribution in [1.82, 2.24) is 5.16 Å². The van der Waals surface area contributed by atoms with Crippen molar-refractivity contribution in [2.45, 2.75) is 6.92 Å². The van der Waals surface area contributed by atoms with Gasteiger partial charge in [0.05, 0.1) is 0 Å². The van der Waals surface area contributed by atoms with Crippen LogP contribution in [0.4, 0.5) is 10.2 Å². The number of aromatic nitrogens is 1. The number of amides is 1. The molecule has 23 heavy (non-hydrogen) atoms. The van der Waals surface area contributed by atoms with Gasteiger partial charge in [-0.1, -0.05) is 21.1 Å². The van der Waals surface area contributed by atoms with Crippen LogP contribution in [-0.2, 0) is 14.3 Å². The Morgan fingerprint density at radius 1 is 1.43 bits per heavy atom. The molecule has 8 heteroatoms. The number of hydrogen-bond donors (Lipinski definition) is 1. The van der Waals surface area contributed by atoms with Gasteiger partial charge >= 0.3 is 5.97 Å². The highest BCUT2D eigenvalue weighted by molar-refractivity contribution is 9.10. The molecule has 0 radical (unpaired) electrons. The summed E-state index contributed by atoms with van der Waals surface area (Å²) < 4.78 is 23.7. The number of nitrogens with zero attached hydrogens (tertiary/aromatic N) is 1. The summed E-state index contributed by atoms with van der Waals surface area (Å²) in [6.07, 6.45) is 2.31. The van der Waals surface area contributed by atoms with Crippen LogP contribution in [0.15, 0.2) is 39.3 Å². The molecule has 0 atom stereocenters. The van der Waals surface area contributed by atoms with E-state index in [-0.39, 0.29) is 11.4 Å². The van der Waals surface area contributed by atoms with Crippen LogP contribution in [0.2, 0.25) is 0 Å². The Labute approximate surface area is 139 Å². The van der Waals surface area contributed by atoms with Crippen molar-refractivity contribution in [3.63, 3.8) is 0 Å². The summed E-state index contributed by atoms with van der Waals surface area (Å²) in [5.41, 5.74) is 0.221. The minimum Gasteiger partial charge on any atom is -0.452 e. The molecule has 0 aliphatic rings. The van der Waals surface area contributed by atoms with Gasteiger partial charge in [-0.05, 0) is 31.2 Å². The first-order valence-corrected chi connectivity index (χ1v) is 7.26. The van der Waals surface area contributed by atoms with Crippen LogP contribution in [0.25, 0.3) is 6.08 Å². The standard InChI is InChI=1S/C15H12BrFN2O4/c1-9-6-13(19-23-9)18-14(20)8-22-15(21)5-2-10-7-11(16)3-4-12(10)17/h2-7H,8H2,1H3,(H,18,19,20)/b5-2+.